The van der Waals surface area contributed by atoms with Crippen molar-refractivity contribution in [3.63, 3.8) is 0 Å². The fraction of sp³-hybridized carbons (Fsp3) is 0.647. The Morgan fingerprint density at radius 2 is 2.12 bits per heavy atom. The van der Waals surface area contributed by atoms with Crippen molar-refractivity contribution >= 4 is 21.4 Å². The lowest BCUT2D eigenvalue weighted by atomic mass is 10.00. The average Bonchev–Trinajstić information content (AvgIpc) is 3.29. The lowest BCUT2D eigenvalue weighted by Gasteiger charge is -2.30. The van der Waals surface area contributed by atoms with Crippen LogP contribution in [0.25, 0.3) is 0 Å². The molecule has 3 heterocycles. The van der Waals surface area contributed by atoms with Crippen molar-refractivity contribution in [3.8, 4) is 0 Å². The molecule has 8 heteroatoms. The Kier molecular flexibility index (Phi) is 4.68. The summed E-state index contributed by atoms with van der Waals surface area (Å²) in [6, 6.07) is 0. The van der Waals surface area contributed by atoms with Gasteiger partial charge in [-0.2, -0.15) is 9.40 Å². The van der Waals surface area contributed by atoms with E-state index in [0.717, 1.165) is 30.7 Å². The van der Waals surface area contributed by atoms with Crippen LogP contribution in [0, 0.1) is 0 Å². The molecular weight excluding hydrogens is 356 g/mol. The van der Waals surface area contributed by atoms with E-state index in [-0.39, 0.29) is 5.92 Å². The van der Waals surface area contributed by atoms with Gasteiger partial charge in [0, 0.05) is 36.6 Å². The van der Waals surface area contributed by atoms with Gasteiger partial charge in [-0.05, 0) is 45.4 Å². The maximum Gasteiger partial charge on any atom is 0.246 e. The van der Waals surface area contributed by atoms with E-state index in [1.54, 1.807) is 15.2 Å². The highest BCUT2D eigenvalue weighted by molar-refractivity contribution is 7.89. The maximum atomic E-state index is 12.9. The molecule has 1 aliphatic heterocycles. The second-order valence-electron chi connectivity index (χ2n) is 6.86. The average molecular weight is 381 g/mol. The Labute approximate surface area is 152 Å². The molecule has 1 fully saturated rings. The van der Waals surface area contributed by atoms with Crippen molar-refractivity contribution in [3.05, 3.63) is 28.0 Å². The van der Waals surface area contributed by atoms with E-state index in [1.165, 1.54) is 29.6 Å². The van der Waals surface area contributed by atoms with Crippen molar-refractivity contribution in [2.45, 2.75) is 62.8 Å². The highest BCUT2D eigenvalue weighted by atomic mass is 32.2. The van der Waals surface area contributed by atoms with Crippen LogP contribution in [0.2, 0.25) is 0 Å². The minimum atomic E-state index is -3.47. The predicted octanol–water partition coefficient (Wildman–Crippen LogP) is 2.81. The van der Waals surface area contributed by atoms with Crippen LogP contribution in [0.5, 0.6) is 0 Å². The van der Waals surface area contributed by atoms with Crippen LogP contribution in [-0.2, 0) is 29.4 Å². The number of rotatable bonds is 4. The Morgan fingerprint density at radius 3 is 2.88 bits per heavy atom. The number of thiazole rings is 1. The first kappa shape index (κ1) is 17.2. The SMILES string of the molecule is CCn1cc(S(=O)(=O)N2CCCC(c3nc4c(s3)CCCC4)C2)cn1. The van der Waals surface area contributed by atoms with E-state index in [9.17, 15) is 8.42 Å². The van der Waals surface area contributed by atoms with Gasteiger partial charge in [-0.25, -0.2) is 13.4 Å². The summed E-state index contributed by atoms with van der Waals surface area (Å²) in [6.07, 6.45) is 9.69. The first-order chi connectivity index (χ1) is 12.1. The van der Waals surface area contributed by atoms with E-state index in [1.807, 2.05) is 18.3 Å². The van der Waals surface area contributed by atoms with Crippen molar-refractivity contribution in [1.29, 1.82) is 0 Å². The zero-order valence-corrected chi connectivity index (χ0v) is 16.2. The van der Waals surface area contributed by atoms with Gasteiger partial charge < -0.3 is 0 Å². The zero-order valence-electron chi connectivity index (χ0n) is 14.5. The normalized spacial score (nSPS) is 22.0. The number of aromatic nitrogens is 3. The summed E-state index contributed by atoms with van der Waals surface area (Å²) >= 11 is 1.81. The van der Waals surface area contributed by atoms with E-state index >= 15 is 0 Å². The predicted molar refractivity (Wildman–Crippen MR) is 97.4 cm³/mol. The molecule has 25 heavy (non-hydrogen) atoms. The van der Waals surface area contributed by atoms with Crippen molar-refractivity contribution < 1.29 is 8.42 Å². The maximum absolute atomic E-state index is 12.9. The molecule has 1 aliphatic carbocycles. The molecule has 0 saturated carbocycles. The number of sulfonamides is 1. The second kappa shape index (κ2) is 6.81. The summed E-state index contributed by atoms with van der Waals surface area (Å²) in [4.78, 5) is 6.58. The molecule has 1 unspecified atom stereocenters. The van der Waals surface area contributed by atoms with Gasteiger partial charge in [-0.15, -0.1) is 11.3 Å². The Hall–Kier alpha value is -1.25. The van der Waals surface area contributed by atoms with Gasteiger partial charge in [-0.3, -0.25) is 4.68 Å². The highest BCUT2D eigenvalue weighted by Crippen LogP contribution is 2.35. The van der Waals surface area contributed by atoms with Gasteiger partial charge in [0.2, 0.25) is 10.0 Å². The summed E-state index contributed by atoms with van der Waals surface area (Å²) in [5.74, 6) is 0.223. The summed E-state index contributed by atoms with van der Waals surface area (Å²) in [6.45, 7) is 3.74. The standard InChI is InChI=1S/C17H24N4O2S2/c1-2-20-12-14(10-18-20)25(22,23)21-9-5-6-13(11-21)17-19-15-7-3-4-8-16(15)24-17/h10,12-13H,2-9,11H2,1H3. The fourth-order valence-corrected chi connectivity index (χ4v) is 6.47. The van der Waals surface area contributed by atoms with Gasteiger partial charge in [-0.1, -0.05) is 0 Å². The van der Waals surface area contributed by atoms with Crippen molar-refractivity contribution in [2.24, 2.45) is 0 Å². The molecule has 2 aromatic heterocycles. The molecule has 4 rings (SSSR count). The molecule has 1 atom stereocenters. The summed E-state index contributed by atoms with van der Waals surface area (Å²) < 4.78 is 29.2. The molecule has 0 aromatic carbocycles. The molecule has 0 amide bonds. The Balaban J connectivity index is 1.55. The number of hydrogen-bond acceptors (Lipinski definition) is 5. The molecule has 1 saturated heterocycles. The first-order valence-corrected chi connectivity index (χ1v) is 11.3. The topological polar surface area (TPSA) is 68.1 Å². The smallest absolute Gasteiger partial charge is 0.246 e. The molecule has 2 aliphatic rings. The summed E-state index contributed by atoms with van der Waals surface area (Å²) in [5.41, 5.74) is 1.26. The quantitative estimate of drug-likeness (QED) is 0.818. The number of nitrogens with zero attached hydrogens (tertiary/aromatic N) is 4. The number of aryl methyl sites for hydroxylation is 3. The van der Waals surface area contributed by atoms with Gasteiger partial charge >= 0.3 is 0 Å². The van der Waals surface area contributed by atoms with E-state index < -0.39 is 10.0 Å². The lowest BCUT2D eigenvalue weighted by Crippen LogP contribution is -2.39. The Bertz CT molecular complexity index is 832. The third-order valence-electron chi connectivity index (χ3n) is 5.17. The summed E-state index contributed by atoms with van der Waals surface area (Å²) in [7, 11) is -3.47. The molecule has 2 aromatic rings. The fourth-order valence-electron chi connectivity index (χ4n) is 3.71. The third-order valence-corrected chi connectivity index (χ3v) is 8.30. The molecule has 136 valence electrons. The monoisotopic (exact) mass is 380 g/mol. The van der Waals surface area contributed by atoms with Crippen molar-refractivity contribution in [1.82, 2.24) is 19.1 Å². The van der Waals surface area contributed by atoms with E-state index in [4.69, 9.17) is 4.98 Å². The lowest BCUT2D eigenvalue weighted by molar-refractivity contribution is 0.315. The van der Waals surface area contributed by atoms with E-state index in [2.05, 4.69) is 5.10 Å². The molecule has 0 N–H and O–H groups in total. The number of piperidine rings is 1. The van der Waals surface area contributed by atoms with Gasteiger partial charge in [0.1, 0.15) is 4.90 Å². The zero-order chi connectivity index (χ0) is 17.4. The summed E-state index contributed by atoms with van der Waals surface area (Å²) in [5, 5.41) is 5.25. The van der Waals surface area contributed by atoms with Gasteiger partial charge in [0.25, 0.3) is 0 Å². The second-order valence-corrected chi connectivity index (χ2v) is 9.92. The first-order valence-electron chi connectivity index (χ1n) is 9.09. The molecular formula is C17H24N4O2S2. The Morgan fingerprint density at radius 1 is 1.28 bits per heavy atom. The number of hydrogen-bond donors (Lipinski definition) is 0. The van der Waals surface area contributed by atoms with Crippen molar-refractivity contribution in [2.75, 3.05) is 13.1 Å². The van der Waals surface area contributed by atoms with Crippen LogP contribution in [0.15, 0.2) is 17.3 Å². The van der Waals surface area contributed by atoms with E-state index in [0.29, 0.717) is 24.5 Å². The third kappa shape index (κ3) is 3.27. The van der Waals surface area contributed by atoms with Crippen LogP contribution >= 0.6 is 11.3 Å². The van der Waals surface area contributed by atoms with Gasteiger partial charge in [0.15, 0.2) is 0 Å². The number of fused-ring (bicyclic) bond motifs is 1. The van der Waals surface area contributed by atoms with Crippen LogP contribution in [0.4, 0.5) is 0 Å². The highest BCUT2D eigenvalue weighted by Gasteiger charge is 2.33. The molecule has 0 spiro atoms. The van der Waals surface area contributed by atoms with Crippen LogP contribution in [-0.4, -0.2) is 40.6 Å². The molecule has 6 nitrogen and oxygen atoms in total. The van der Waals surface area contributed by atoms with Crippen LogP contribution < -0.4 is 0 Å². The minimum absolute atomic E-state index is 0.223. The molecule has 0 bridgehead atoms. The molecule has 0 radical (unpaired) electrons. The minimum Gasteiger partial charge on any atom is -0.272 e. The van der Waals surface area contributed by atoms with Crippen LogP contribution in [0.1, 0.15) is 54.1 Å². The van der Waals surface area contributed by atoms with Gasteiger partial charge in [0.05, 0.1) is 16.9 Å². The largest absolute Gasteiger partial charge is 0.272 e. The van der Waals surface area contributed by atoms with Crippen LogP contribution in [0.3, 0.4) is 0 Å².